The number of amides is 1. The highest BCUT2D eigenvalue weighted by molar-refractivity contribution is 9.10. The summed E-state index contributed by atoms with van der Waals surface area (Å²) < 4.78 is 44.8. The van der Waals surface area contributed by atoms with Crippen LogP contribution in [0.15, 0.2) is 71.2 Å². The maximum atomic E-state index is 13.0. The van der Waals surface area contributed by atoms with Gasteiger partial charge in [-0.25, -0.2) is 9.59 Å². The molecule has 2 N–H and O–H groups in total. The molecule has 0 aromatic heterocycles. The molecule has 5 nitrogen and oxygen atoms in total. The summed E-state index contributed by atoms with van der Waals surface area (Å²) in [5.41, 5.74) is 3.28. The van der Waals surface area contributed by atoms with Crippen molar-refractivity contribution in [2.75, 3.05) is 6.61 Å². The van der Waals surface area contributed by atoms with Crippen molar-refractivity contribution in [2.45, 2.75) is 24.6 Å². The van der Waals surface area contributed by atoms with Crippen LogP contribution in [-0.2, 0) is 22.1 Å². The highest BCUT2D eigenvalue weighted by Crippen LogP contribution is 2.44. The van der Waals surface area contributed by atoms with Crippen LogP contribution < -0.4 is 5.32 Å². The standard InChI is InChI=1S/C25H19BrF3NO4/c26-21-10-9-15(25(27,28)29)11-14(21)12-22(23(31)32)30-24(33)34-13-20-18-7-3-1-5-16(18)17-6-2-4-8-19(17)20/h1-11,20,22H,12-13H2,(H,30,33)(H,31,32). The number of carboxylic acid groups (broad SMARTS) is 1. The van der Waals surface area contributed by atoms with E-state index in [9.17, 15) is 27.9 Å². The smallest absolute Gasteiger partial charge is 0.416 e. The monoisotopic (exact) mass is 533 g/mol. The van der Waals surface area contributed by atoms with Gasteiger partial charge in [0.1, 0.15) is 12.6 Å². The van der Waals surface area contributed by atoms with Crippen molar-refractivity contribution >= 4 is 28.0 Å². The molecule has 0 spiro atoms. The Hall–Kier alpha value is -3.33. The van der Waals surface area contributed by atoms with E-state index in [0.29, 0.717) is 4.47 Å². The summed E-state index contributed by atoms with van der Waals surface area (Å²) in [6.45, 7) is -0.0144. The number of halogens is 4. The second kappa shape index (κ2) is 9.50. The Morgan fingerprint density at radius 2 is 1.59 bits per heavy atom. The quantitative estimate of drug-likeness (QED) is 0.407. The van der Waals surface area contributed by atoms with Crippen molar-refractivity contribution in [3.8, 4) is 11.1 Å². The fourth-order valence-corrected chi connectivity index (χ4v) is 4.52. The normalized spacial score (nSPS) is 13.6. The van der Waals surface area contributed by atoms with Gasteiger partial charge in [-0.05, 0) is 46.0 Å². The molecule has 1 aliphatic carbocycles. The molecule has 4 rings (SSSR count). The first-order chi connectivity index (χ1) is 16.1. The average molecular weight is 534 g/mol. The molecule has 0 fully saturated rings. The molecular formula is C25H19BrF3NO4. The second-order valence-electron chi connectivity index (χ2n) is 7.87. The van der Waals surface area contributed by atoms with Crippen molar-refractivity contribution in [3.05, 3.63) is 93.5 Å². The Labute approximate surface area is 201 Å². The van der Waals surface area contributed by atoms with Gasteiger partial charge in [0, 0.05) is 16.8 Å². The fraction of sp³-hybridized carbons (Fsp3) is 0.200. The summed E-state index contributed by atoms with van der Waals surface area (Å²) in [5.74, 6) is -1.60. The Balaban J connectivity index is 1.46. The summed E-state index contributed by atoms with van der Waals surface area (Å²) in [5, 5.41) is 11.8. The van der Waals surface area contributed by atoms with Crippen molar-refractivity contribution in [3.63, 3.8) is 0 Å². The van der Waals surface area contributed by atoms with Gasteiger partial charge in [0.25, 0.3) is 0 Å². The van der Waals surface area contributed by atoms with E-state index in [1.165, 1.54) is 6.07 Å². The lowest BCUT2D eigenvalue weighted by Gasteiger charge is -2.18. The first-order valence-electron chi connectivity index (χ1n) is 10.3. The van der Waals surface area contributed by atoms with Crippen LogP contribution in [0.1, 0.15) is 28.2 Å². The number of rotatable bonds is 6. The van der Waals surface area contributed by atoms with Gasteiger partial charge in [-0.1, -0.05) is 64.5 Å². The van der Waals surface area contributed by atoms with E-state index in [1.807, 2.05) is 48.5 Å². The third kappa shape index (κ3) is 4.94. The van der Waals surface area contributed by atoms with Crippen LogP contribution in [0, 0.1) is 0 Å². The third-order valence-corrected chi connectivity index (χ3v) is 6.50. The fourth-order valence-electron chi connectivity index (χ4n) is 4.11. The summed E-state index contributed by atoms with van der Waals surface area (Å²) in [7, 11) is 0. The van der Waals surface area contributed by atoms with Crippen LogP contribution in [-0.4, -0.2) is 29.8 Å². The van der Waals surface area contributed by atoms with Crippen LogP contribution >= 0.6 is 15.9 Å². The first kappa shape index (κ1) is 23.8. The van der Waals surface area contributed by atoms with Gasteiger partial charge in [0.2, 0.25) is 0 Å². The van der Waals surface area contributed by atoms with Crippen molar-refractivity contribution < 1.29 is 32.6 Å². The molecule has 0 radical (unpaired) electrons. The van der Waals surface area contributed by atoms with Crippen LogP contribution in [0.3, 0.4) is 0 Å². The molecule has 0 heterocycles. The predicted molar refractivity (Wildman–Crippen MR) is 122 cm³/mol. The minimum atomic E-state index is -4.58. The number of hydrogen-bond acceptors (Lipinski definition) is 3. The van der Waals surface area contributed by atoms with E-state index in [-0.39, 0.29) is 24.5 Å². The molecule has 0 aliphatic heterocycles. The van der Waals surface area contributed by atoms with E-state index in [0.717, 1.165) is 34.4 Å². The SMILES string of the molecule is O=C(NC(Cc1cc(C(F)(F)F)ccc1Br)C(=O)O)OCC1c2ccccc2-c2ccccc21. The molecule has 0 saturated carbocycles. The third-order valence-electron chi connectivity index (χ3n) is 5.73. The predicted octanol–water partition coefficient (Wildman–Crippen LogP) is 6.00. The molecule has 0 saturated heterocycles. The molecule has 1 unspecified atom stereocenters. The lowest BCUT2D eigenvalue weighted by atomic mass is 9.98. The average Bonchev–Trinajstić information content (AvgIpc) is 3.11. The summed E-state index contributed by atoms with van der Waals surface area (Å²) in [6.07, 6.45) is -5.89. The molecule has 3 aromatic rings. The lowest BCUT2D eigenvalue weighted by molar-refractivity contribution is -0.139. The molecule has 0 bridgehead atoms. The number of carbonyl (C=O) groups excluding carboxylic acids is 1. The van der Waals surface area contributed by atoms with Crippen LogP contribution in [0.2, 0.25) is 0 Å². The van der Waals surface area contributed by atoms with Gasteiger partial charge < -0.3 is 15.2 Å². The molecule has 9 heteroatoms. The Morgan fingerprint density at radius 3 is 2.15 bits per heavy atom. The number of nitrogens with one attached hydrogen (secondary N) is 1. The Kier molecular flexibility index (Phi) is 6.65. The Bertz CT molecular complexity index is 1200. The van der Waals surface area contributed by atoms with Crippen LogP contribution in [0.5, 0.6) is 0 Å². The van der Waals surface area contributed by atoms with E-state index in [1.54, 1.807) is 0 Å². The number of alkyl halides is 3. The number of ether oxygens (including phenoxy) is 1. The van der Waals surface area contributed by atoms with Crippen LogP contribution in [0.25, 0.3) is 11.1 Å². The molecular weight excluding hydrogens is 515 g/mol. The summed E-state index contributed by atoms with van der Waals surface area (Å²) in [4.78, 5) is 24.2. The Morgan fingerprint density at radius 1 is 1.00 bits per heavy atom. The zero-order valence-electron chi connectivity index (χ0n) is 17.6. The summed E-state index contributed by atoms with van der Waals surface area (Å²) >= 11 is 3.14. The molecule has 34 heavy (non-hydrogen) atoms. The highest BCUT2D eigenvalue weighted by Gasteiger charge is 2.32. The molecule has 176 valence electrons. The van der Waals surface area contributed by atoms with Gasteiger partial charge in [-0.2, -0.15) is 13.2 Å². The number of carboxylic acids is 1. The molecule has 1 aliphatic rings. The zero-order chi connectivity index (χ0) is 24.5. The number of aliphatic carboxylic acids is 1. The summed E-state index contributed by atoms with van der Waals surface area (Å²) in [6, 6.07) is 17.0. The molecule has 1 amide bonds. The van der Waals surface area contributed by atoms with Gasteiger partial charge in [-0.15, -0.1) is 0 Å². The zero-order valence-corrected chi connectivity index (χ0v) is 19.2. The van der Waals surface area contributed by atoms with Gasteiger partial charge in [0.15, 0.2) is 0 Å². The van der Waals surface area contributed by atoms with Crippen molar-refractivity contribution in [2.24, 2.45) is 0 Å². The van der Waals surface area contributed by atoms with E-state index < -0.39 is 29.8 Å². The number of benzene rings is 3. The van der Waals surface area contributed by atoms with Crippen molar-refractivity contribution in [1.82, 2.24) is 5.32 Å². The number of carbonyl (C=O) groups is 2. The number of hydrogen-bond donors (Lipinski definition) is 2. The highest BCUT2D eigenvalue weighted by atomic mass is 79.9. The second-order valence-corrected chi connectivity index (χ2v) is 8.72. The maximum absolute atomic E-state index is 13.0. The molecule has 1 atom stereocenters. The van der Waals surface area contributed by atoms with Gasteiger partial charge in [0.05, 0.1) is 5.56 Å². The van der Waals surface area contributed by atoms with E-state index >= 15 is 0 Å². The molecule has 3 aromatic carbocycles. The lowest BCUT2D eigenvalue weighted by Crippen LogP contribution is -2.43. The van der Waals surface area contributed by atoms with E-state index in [2.05, 4.69) is 21.2 Å². The van der Waals surface area contributed by atoms with Gasteiger partial charge >= 0.3 is 18.2 Å². The minimum Gasteiger partial charge on any atom is -0.480 e. The number of fused-ring (bicyclic) bond motifs is 3. The maximum Gasteiger partial charge on any atom is 0.416 e. The van der Waals surface area contributed by atoms with Gasteiger partial charge in [-0.3, -0.25) is 0 Å². The largest absolute Gasteiger partial charge is 0.480 e. The van der Waals surface area contributed by atoms with Crippen molar-refractivity contribution in [1.29, 1.82) is 0 Å². The van der Waals surface area contributed by atoms with Crippen LogP contribution in [0.4, 0.5) is 18.0 Å². The number of alkyl carbamates (subject to hydrolysis) is 1. The minimum absolute atomic E-state index is 0.0144. The first-order valence-corrected chi connectivity index (χ1v) is 11.1. The van der Waals surface area contributed by atoms with E-state index in [4.69, 9.17) is 4.74 Å². The topological polar surface area (TPSA) is 75.6 Å².